The van der Waals surface area contributed by atoms with Gasteiger partial charge in [0.2, 0.25) is 5.91 Å². The van der Waals surface area contributed by atoms with Crippen LogP contribution in [0.1, 0.15) is 56.0 Å². The largest absolute Gasteiger partial charge is 0.491 e. The minimum absolute atomic E-state index is 0.0276. The maximum absolute atomic E-state index is 12.7. The van der Waals surface area contributed by atoms with Crippen LogP contribution in [0.3, 0.4) is 0 Å². The van der Waals surface area contributed by atoms with Crippen LogP contribution in [-0.2, 0) is 4.79 Å². The first-order valence-electron chi connectivity index (χ1n) is 9.26. The van der Waals surface area contributed by atoms with Crippen molar-refractivity contribution in [1.82, 2.24) is 9.80 Å². The Morgan fingerprint density at radius 2 is 1.76 bits per heavy atom. The number of aryl methyl sites for hydroxylation is 1. The highest BCUT2D eigenvalue weighted by Gasteiger charge is 2.24. The Balaban J connectivity index is 1.94. The average Bonchev–Trinajstić information content (AvgIpc) is 2.60. The lowest BCUT2D eigenvalue weighted by atomic mass is 10.1. The minimum Gasteiger partial charge on any atom is -0.491 e. The predicted molar refractivity (Wildman–Crippen MR) is 99.0 cm³/mol. The summed E-state index contributed by atoms with van der Waals surface area (Å²) in [5.41, 5.74) is 1.65. The predicted octanol–water partition coefficient (Wildman–Crippen LogP) is 3.26. The first kappa shape index (κ1) is 19.3. The van der Waals surface area contributed by atoms with Crippen LogP contribution in [0.5, 0.6) is 5.75 Å². The molecule has 138 valence electrons. The topological polar surface area (TPSA) is 49.9 Å². The number of carbonyl (C=O) groups is 2. The van der Waals surface area contributed by atoms with Crippen LogP contribution in [0.15, 0.2) is 18.2 Å². The number of rotatable bonds is 6. The molecular weight excluding hydrogens is 316 g/mol. The van der Waals surface area contributed by atoms with Crippen LogP contribution < -0.4 is 4.74 Å². The molecular formula is C20H30N2O3. The molecule has 1 aliphatic heterocycles. The van der Waals surface area contributed by atoms with Crippen LogP contribution in [-0.4, -0.2) is 53.9 Å². The lowest BCUT2D eigenvalue weighted by molar-refractivity contribution is -0.132. The van der Waals surface area contributed by atoms with Crippen LogP contribution in [0.2, 0.25) is 0 Å². The monoisotopic (exact) mass is 346 g/mol. The van der Waals surface area contributed by atoms with E-state index < -0.39 is 0 Å². The summed E-state index contributed by atoms with van der Waals surface area (Å²) in [7, 11) is 0. The fourth-order valence-corrected chi connectivity index (χ4v) is 3.00. The minimum atomic E-state index is 0.0276. The molecule has 0 aliphatic carbocycles. The quantitative estimate of drug-likeness (QED) is 0.794. The first-order valence-corrected chi connectivity index (χ1v) is 9.26. The van der Waals surface area contributed by atoms with E-state index in [4.69, 9.17) is 4.74 Å². The van der Waals surface area contributed by atoms with E-state index in [2.05, 4.69) is 6.92 Å². The SMILES string of the molecule is CCCCC(=O)N1CCN(C(=O)c2ccc(OC(C)C)c(C)c2)CC1. The van der Waals surface area contributed by atoms with Gasteiger partial charge in [-0.25, -0.2) is 0 Å². The van der Waals surface area contributed by atoms with Crippen molar-refractivity contribution in [2.75, 3.05) is 26.2 Å². The van der Waals surface area contributed by atoms with E-state index in [0.717, 1.165) is 24.2 Å². The second kappa shape index (κ2) is 8.88. The molecule has 0 N–H and O–H groups in total. The Morgan fingerprint density at radius 3 is 2.32 bits per heavy atom. The van der Waals surface area contributed by atoms with Gasteiger partial charge in [-0.05, 0) is 51.0 Å². The van der Waals surface area contributed by atoms with Crippen LogP contribution in [0, 0.1) is 6.92 Å². The maximum atomic E-state index is 12.7. The fraction of sp³-hybridized carbons (Fsp3) is 0.600. The van der Waals surface area contributed by atoms with E-state index in [1.165, 1.54) is 0 Å². The molecule has 0 spiro atoms. The van der Waals surface area contributed by atoms with Gasteiger partial charge in [-0.1, -0.05) is 13.3 Å². The summed E-state index contributed by atoms with van der Waals surface area (Å²) in [6, 6.07) is 5.58. The van der Waals surface area contributed by atoms with Crippen LogP contribution in [0.4, 0.5) is 0 Å². The van der Waals surface area contributed by atoms with Crippen molar-refractivity contribution in [3.63, 3.8) is 0 Å². The number of piperazine rings is 1. The van der Waals surface area contributed by atoms with E-state index in [1.807, 2.05) is 48.8 Å². The third-order valence-electron chi connectivity index (χ3n) is 4.45. The van der Waals surface area contributed by atoms with Crippen molar-refractivity contribution >= 4 is 11.8 Å². The van der Waals surface area contributed by atoms with Gasteiger partial charge in [0.1, 0.15) is 5.75 Å². The molecule has 5 nitrogen and oxygen atoms in total. The van der Waals surface area contributed by atoms with Gasteiger partial charge in [0.05, 0.1) is 6.10 Å². The molecule has 1 heterocycles. The van der Waals surface area contributed by atoms with Gasteiger partial charge in [0.25, 0.3) is 5.91 Å². The number of carbonyl (C=O) groups excluding carboxylic acids is 2. The van der Waals surface area contributed by atoms with Crippen molar-refractivity contribution < 1.29 is 14.3 Å². The lowest BCUT2D eigenvalue weighted by Gasteiger charge is -2.35. The molecule has 0 radical (unpaired) electrons. The van der Waals surface area contributed by atoms with Gasteiger partial charge in [-0.3, -0.25) is 9.59 Å². The molecule has 1 saturated heterocycles. The van der Waals surface area contributed by atoms with Gasteiger partial charge in [0.15, 0.2) is 0 Å². The lowest BCUT2D eigenvalue weighted by Crippen LogP contribution is -2.50. The third-order valence-corrected chi connectivity index (χ3v) is 4.45. The van der Waals surface area contributed by atoms with Gasteiger partial charge in [-0.2, -0.15) is 0 Å². The molecule has 1 aromatic rings. The Hall–Kier alpha value is -2.04. The molecule has 1 fully saturated rings. The van der Waals surface area contributed by atoms with E-state index in [1.54, 1.807) is 0 Å². The number of hydrogen-bond acceptors (Lipinski definition) is 3. The molecule has 2 rings (SSSR count). The highest BCUT2D eigenvalue weighted by atomic mass is 16.5. The standard InChI is InChI=1S/C20H30N2O3/c1-5-6-7-19(23)21-10-12-22(13-11-21)20(24)17-8-9-18(16(4)14-17)25-15(2)3/h8-9,14-15H,5-7,10-13H2,1-4H3. The van der Waals surface area contributed by atoms with Crippen molar-refractivity contribution in [3.8, 4) is 5.75 Å². The summed E-state index contributed by atoms with van der Waals surface area (Å²) in [5.74, 6) is 1.05. The Bertz CT molecular complexity index is 605. The van der Waals surface area contributed by atoms with Crippen molar-refractivity contribution in [2.45, 2.75) is 53.1 Å². The fourth-order valence-electron chi connectivity index (χ4n) is 3.00. The molecule has 0 bridgehead atoms. The van der Waals surface area contributed by atoms with E-state index >= 15 is 0 Å². The highest BCUT2D eigenvalue weighted by molar-refractivity contribution is 5.94. The maximum Gasteiger partial charge on any atom is 0.253 e. The second-order valence-corrected chi connectivity index (χ2v) is 6.92. The smallest absolute Gasteiger partial charge is 0.253 e. The number of hydrogen-bond donors (Lipinski definition) is 0. The normalized spacial score (nSPS) is 14.8. The molecule has 25 heavy (non-hydrogen) atoms. The zero-order chi connectivity index (χ0) is 18.4. The number of unbranched alkanes of at least 4 members (excludes halogenated alkanes) is 1. The summed E-state index contributed by atoms with van der Waals surface area (Å²) in [5, 5.41) is 0. The van der Waals surface area contributed by atoms with Crippen molar-refractivity contribution in [3.05, 3.63) is 29.3 Å². The number of ether oxygens (including phenoxy) is 1. The van der Waals surface area contributed by atoms with Gasteiger partial charge in [0, 0.05) is 38.2 Å². The van der Waals surface area contributed by atoms with Crippen LogP contribution in [0.25, 0.3) is 0 Å². The molecule has 1 aliphatic rings. The molecule has 2 amide bonds. The zero-order valence-electron chi connectivity index (χ0n) is 15.9. The van der Waals surface area contributed by atoms with Gasteiger partial charge < -0.3 is 14.5 Å². The highest BCUT2D eigenvalue weighted by Crippen LogP contribution is 2.21. The summed E-state index contributed by atoms with van der Waals surface area (Å²) < 4.78 is 5.73. The first-order chi connectivity index (χ1) is 11.9. The van der Waals surface area contributed by atoms with Gasteiger partial charge >= 0.3 is 0 Å². The van der Waals surface area contributed by atoms with Crippen molar-refractivity contribution in [2.24, 2.45) is 0 Å². The Labute approximate surface area is 150 Å². The second-order valence-electron chi connectivity index (χ2n) is 6.92. The number of amides is 2. The van der Waals surface area contributed by atoms with E-state index in [-0.39, 0.29) is 17.9 Å². The van der Waals surface area contributed by atoms with Gasteiger partial charge in [-0.15, -0.1) is 0 Å². The summed E-state index contributed by atoms with van der Waals surface area (Å²) in [4.78, 5) is 28.5. The summed E-state index contributed by atoms with van der Waals surface area (Å²) in [6.45, 7) is 10.5. The molecule has 0 aromatic heterocycles. The Kier molecular flexibility index (Phi) is 6.85. The average molecular weight is 346 g/mol. The third kappa shape index (κ3) is 5.21. The molecule has 5 heteroatoms. The van der Waals surface area contributed by atoms with Crippen LogP contribution >= 0.6 is 0 Å². The van der Waals surface area contributed by atoms with E-state index in [0.29, 0.717) is 38.2 Å². The van der Waals surface area contributed by atoms with E-state index in [9.17, 15) is 9.59 Å². The summed E-state index contributed by atoms with van der Waals surface area (Å²) in [6.07, 6.45) is 2.68. The molecule has 0 atom stereocenters. The molecule has 0 unspecified atom stereocenters. The number of nitrogens with zero attached hydrogens (tertiary/aromatic N) is 2. The number of benzene rings is 1. The Morgan fingerprint density at radius 1 is 1.12 bits per heavy atom. The summed E-state index contributed by atoms with van der Waals surface area (Å²) >= 11 is 0. The molecule has 1 aromatic carbocycles. The molecule has 0 saturated carbocycles. The zero-order valence-corrected chi connectivity index (χ0v) is 15.9. The van der Waals surface area contributed by atoms with Crippen molar-refractivity contribution in [1.29, 1.82) is 0 Å².